The number of carbonyl (C=O) groups excluding carboxylic acids is 1. The Bertz CT molecular complexity index is 573. The Morgan fingerprint density at radius 1 is 1.20 bits per heavy atom. The molecular weight excluding hydrogens is 258 g/mol. The van der Waals surface area contributed by atoms with E-state index >= 15 is 0 Å². The van der Waals surface area contributed by atoms with Crippen molar-refractivity contribution in [3.8, 4) is 0 Å². The number of hydrogen-bond acceptors (Lipinski definition) is 6. The zero-order valence-electron chi connectivity index (χ0n) is 10.9. The van der Waals surface area contributed by atoms with Crippen molar-refractivity contribution in [1.82, 2.24) is 15.0 Å². The van der Waals surface area contributed by atoms with Crippen LogP contribution in [0.15, 0.2) is 35.2 Å². The summed E-state index contributed by atoms with van der Waals surface area (Å²) in [4.78, 5) is 20.3. The molecule has 2 aromatic heterocycles. The van der Waals surface area contributed by atoms with Gasteiger partial charge in [-0.1, -0.05) is 5.16 Å². The van der Waals surface area contributed by atoms with Crippen molar-refractivity contribution in [1.29, 1.82) is 0 Å². The van der Waals surface area contributed by atoms with E-state index in [1.54, 1.807) is 17.2 Å². The van der Waals surface area contributed by atoms with Crippen LogP contribution in [0.25, 0.3) is 0 Å². The summed E-state index contributed by atoms with van der Waals surface area (Å²) in [5.41, 5.74) is 6.62. The van der Waals surface area contributed by atoms with E-state index in [-0.39, 0.29) is 5.91 Å². The van der Waals surface area contributed by atoms with Gasteiger partial charge in [-0.3, -0.25) is 4.79 Å². The van der Waals surface area contributed by atoms with E-state index in [0.29, 0.717) is 24.5 Å². The number of nitrogens with two attached hydrogens (primary N) is 1. The Labute approximate surface area is 116 Å². The minimum atomic E-state index is -0.0938. The van der Waals surface area contributed by atoms with Crippen molar-refractivity contribution in [3.05, 3.63) is 36.4 Å². The van der Waals surface area contributed by atoms with Gasteiger partial charge in [-0.15, -0.1) is 0 Å². The van der Waals surface area contributed by atoms with Gasteiger partial charge in [-0.2, -0.15) is 0 Å². The Hall–Kier alpha value is -2.57. The van der Waals surface area contributed by atoms with Crippen LogP contribution >= 0.6 is 0 Å². The smallest absolute Gasteiger partial charge is 0.276 e. The monoisotopic (exact) mass is 273 g/mol. The second kappa shape index (κ2) is 5.20. The van der Waals surface area contributed by atoms with Gasteiger partial charge in [0.25, 0.3) is 5.91 Å². The number of carbonyl (C=O) groups is 1. The first-order valence-electron chi connectivity index (χ1n) is 6.40. The first kappa shape index (κ1) is 12.5. The number of nitrogen functional groups attached to an aromatic ring is 1. The SMILES string of the molecule is Nc1ccc(N2CCN(C(=O)c3ccon3)CC2)nc1. The summed E-state index contributed by atoms with van der Waals surface area (Å²) in [6.45, 7) is 2.75. The highest BCUT2D eigenvalue weighted by Crippen LogP contribution is 2.15. The second-order valence-corrected chi connectivity index (χ2v) is 4.61. The third-order valence-electron chi connectivity index (χ3n) is 3.32. The van der Waals surface area contributed by atoms with Gasteiger partial charge in [-0.05, 0) is 12.1 Å². The van der Waals surface area contributed by atoms with Gasteiger partial charge < -0.3 is 20.1 Å². The lowest BCUT2D eigenvalue weighted by molar-refractivity contribution is 0.0736. The fourth-order valence-corrected chi connectivity index (χ4v) is 2.21. The third kappa shape index (κ3) is 2.42. The molecule has 0 saturated carbocycles. The van der Waals surface area contributed by atoms with Gasteiger partial charge in [0.15, 0.2) is 5.69 Å². The highest BCUT2D eigenvalue weighted by atomic mass is 16.5. The van der Waals surface area contributed by atoms with E-state index in [9.17, 15) is 4.79 Å². The molecule has 0 radical (unpaired) electrons. The Kier molecular flexibility index (Phi) is 3.24. The molecular formula is C13H15N5O2. The van der Waals surface area contributed by atoms with Crippen molar-refractivity contribution in [2.24, 2.45) is 0 Å². The van der Waals surface area contributed by atoms with E-state index in [0.717, 1.165) is 18.9 Å². The molecule has 7 nitrogen and oxygen atoms in total. The molecule has 104 valence electrons. The number of anilines is 2. The molecule has 1 aliphatic rings. The second-order valence-electron chi connectivity index (χ2n) is 4.61. The molecule has 0 aromatic carbocycles. The minimum absolute atomic E-state index is 0.0938. The molecule has 1 saturated heterocycles. The van der Waals surface area contributed by atoms with Crippen LogP contribution in [-0.4, -0.2) is 47.1 Å². The molecule has 0 unspecified atom stereocenters. The van der Waals surface area contributed by atoms with Crippen LogP contribution in [0.5, 0.6) is 0 Å². The summed E-state index contributed by atoms with van der Waals surface area (Å²) in [6, 6.07) is 5.30. The summed E-state index contributed by atoms with van der Waals surface area (Å²) >= 11 is 0. The first-order chi connectivity index (χ1) is 9.74. The molecule has 3 rings (SSSR count). The maximum absolute atomic E-state index is 12.1. The van der Waals surface area contributed by atoms with Crippen molar-refractivity contribution in [2.75, 3.05) is 36.8 Å². The fraction of sp³-hybridized carbons (Fsp3) is 0.308. The van der Waals surface area contributed by atoms with Gasteiger partial charge in [-0.25, -0.2) is 4.98 Å². The Morgan fingerprint density at radius 3 is 2.60 bits per heavy atom. The van der Waals surface area contributed by atoms with Crippen molar-refractivity contribution < 1.29 is 9.32 Å². The first-order valence-corrected chi connectivity index (χ1v) is 6.40. The van der Waals surface area contributed by atoms with E-state index in [1.807, 2.05) is 12.1 Å². The standard InChI is InChI=1S/C13H15N5O2/c14-10-1-2-12(15-9-10)17-4-6-18(7-5-17)13(19)11-3-8-20-16-11/h1-3,8-9H,4-7,14H2. The Balaban J connectivity index is 1.62. The van der Waals surface area contributed by atoms with Crippen LogP contribution in [0.1, 0.15) is 10.5 Å². The van der Waals surface area contributed by atoms with Crippen LogP contribution < -0.4 is 10.6 Å². The van der Waals surface area contributed by atoms with Gasteiger partial charge in [0.05, 0.1) is 11.9 Å². The van der Waals surface area contributed by atoms with Gasteiger partial charge in [0.1, 0.15) is 12.1 Å². The highest BCUT2D eigenvalue weighted by molar-refractivity contribution is 5.92. The number of amides is 1. The molecule has 0 aliphatic carbocycles. The normalized spacial score (nSPS) is 15.4. The average Bonchev–Trinajstić information content (AvgIpc) is 3.02. The van der Waals surface area contributed by atoms with E-state index in [4.69, 9.17) is 10.3 Å². The number of nitrogens with zero attached hydrogens (tertiary/aromatic N) is 4. The summed E-state index contributed by atoms with van der Waals surface area (Å²) < 4.78 is 4.70. The molecule has 1 aliphatic heterocycles. The number of aromatic nitrogens is 2. The molecule has 20 heavy (non-hydrogen) atoms. The van der Waals surface area contributed by atoms with Gasteiger partial charge in [0, 0.05) is 32.2 Å². The molecule has 7 heteroatoms. The quantitative estimate of drug-likeness (QED) is 0.862. The number of hydrogen-bond donors (Lipinski definition) is 1. The molecule has 0 spiro atoms. The lowest BCUT2D eigenvalue weighted by Crippen LogP contribution is -2.49. The molecule has 1 amide bonds. The molecule has 1 fully saturated rings. The predicted molar refractivity (Wildman–Crippen MR) is 73.3 cm³/mol. The highest BCUT2D eigenvalue weighted by Gasteiger charge is 2.24. The molecule has 3 heterocycles. The fourth-order valence-electron chi connectivity index (χ4n) is 2.21. The summed E-state index contributed by atoms with van der Waals surface area (Å²) in [5, 5.41) is 3.67. The largest absolute Gasteiger partial charge is 0.397 e. The van der Waals surface area contributed by atoms with Gasteiger partial charge in [0.2, 0.25) is 0 Å². The van der Waals surface area contributed by atoms with Crippen molar-refractivity contribution in [3.63, 3.8) is 0 Å². The molecule has 2 N–H and O–H groups in total. The van der Waals surface area contributed by atoms with Crippen LogP contribution in [0.3, 0.4) is 0 Å². The number of pyridine rings is 1. The van der Waals surface area contributed by atoms with Gasteiger partial charge >= 0.3 is 0 Å². The number of rotatable bonds is 2. The lowest BCUT2D eigenvalue weighted by atomic mass is 10.2. The molecule has 2 aromatic rings. The molecule has 0 bridgehead atoms. The van der Waals surface area contributed by atoms with Crippen LogP contribution in [0.2, 0.25) is 0 Å². The van der Waals surface area contributed by atoms with E-state index < -0.39 is 0 Å². The van der Waals surface area contributed by atoms with Crippen LogP contribution in [0.4, 0.5) is 11.5 Å². The zero-order valence-corrected chi connectivity index (χ0v) is 10.9. The maximum Gasteiger partial charge on any atom is 0.276 e. The maximum atomic E-state index is 12.1. The molecule has 0 atom stereocenters. The van der Waals surface area contributed by atoms with E-state index in [2.05, 4.69) is 15.0 Å². The summed E-state index contributed by atoms with van der Waals surface area (Å²) in [5.74, 6) is 0.788. The van der Waals surface area contributed by atoms with Crippen LogP contribution in [-0.2, 0) is 0 Å². The summed E-state index contributed by atoms with van der Waals surface area (Å²) in [7, 11) is 0. The van der Waals surface area contributed by atoms with E-state index in [1.165, 1.54) is 6.26 Å². The Morgan fingerprint density at radius 2 is 2.00 bits per heavy atom. The van der Waals surface area contributed by atoms with Crippen molar-refractivity contribution >= 4 is 17.4 Å². The summed E-state index contributed by atoms with van der Waals surface area (Å²) in [6.07, 6.45) is 3.05. The minimum Gasteiger partial charge on any atom is -0.397 e. The lowest BCUT2D eigenvalue weighted by Gasteiger charge is -2.35. The topological polar surface area (TPSA) is 88.5 Å². The third-order valence-corrected chi connectivity index (χ3v) is 3.32. The van der Waals surface area contributed by atoms with Crippen LogP contribution in [0, 0.1) is 0 Å². The number of piperazine rings is 1. The zero-order chi connectivity index (χ0) is 13.9. The van der Waals surface area contributed by atoms with Crippen molar-refractivity contribution in [2.45, 2.75) is 0 Å². The predicted octanol–water partition coefficient (Wildman–Crippen LogP) is 0.614. The average molecular weight is 273 g/mol.